The third-order valence-electron chi connectivity index (χ3n) is 1.59. The van der Waals surface area contributed by atoms with Gasteiger partial charge in [0.05, 0.1) is 5.56 Å². The van der Waals surface area contributed by atoms with Crippen LogP contribution in [0.25, 0.3) is 0 Å². The monoisotopic (exact) mass is 223 g/mol. The van der Waals surface area contributed by atoms with Crippen LogP contribution in [0.1, 0.15) is 15.9 Å². The number of halogens is 4. The van der Waals surface area contributed by atoms with Crippen molar-refractivity contribution in [2.24, 2.45) is 0 Å². The van der Waals surface area contributed by atoms with E-state index in [0.29, 0.717) is 6.07 Å². The molecule has 0 fully saturated rings. The fourth-order valence-corrected chi connectivity index (χ4v) is 1.04. The van der Waals surface area contributed by atoms with Crippen molar-refractivity contribution in [1.29, 1.82) is 0 Å². The minimum absolute atomic E-state index is 0.229. The van der Waals surface area contributed by atoms with Crippen molar-refractivity contribution >= 4 is 22.5 Å². The molecule has 2 N–H and O–H groups in total. The lowest BCUT2D eigenvalue weighted by atomic mass is 10.1. The number of nitrogens with two attached hydrogens (primary N) is 1. The molecule has 0 atom stereocenters. The highest BCUT2D eigenvalue weighted by Crippen LogP contribution is 2.34. The summed E-state index contributed by atoms with van der Waals surface area (Å²) in [5, 5.41) is -0.949. The Morgan fingerprint density at radius 2 is 1.93 bits per heavy atom. The molecule has 0 radical (unpaired) electrons. The van der Waals surface area contributed by atoms with Crippen molar-refractivity contribution in [3.8, 4) is 0 Å². The Balaban J connectivity index is 3.29. The van der Waals surface area contributed by atoms with Gasteiger partial charge in [0.25, 0.3) is 5.24 Å². The van der Waals surface area contributed by atoms with Gasteiger partial charge in [-0.2, -0.15) is 13.2 Å². The number of rotatable bonds is 1. The van der Waals surface area contributed by atoms with Gasteiger partial charge in [-0.1, -0.05) is 0 Å². The Labute approximate surface area is 82.5 Å². The highest BCUT2D eigenvalue weighted by Gasteiger charge is 2.33. The lowest BCUT2D eigenvalue weighted by molar-refractivity contribution is -0.136. The number of hydrogen-bond donors (Lipinski definition) is 1. The minimum atomic E-state index is -4.58. The van der Waals surface area contributed by atoms with Gasteiger partial charge in [-0.3, -0.25) is 4.79 Å². The number of carbonyl (C=O) groups excluding carboxylic acids is 1. The number of carbonyl (C=O) groups is 1. The summed E-state index contributed by atoms with van der Waals surface area (Å²) in [4.78, 5) is 10.6. The number of anilines is 1. The van der Waals surface area contributed by atoms with Gasteiger partial charge in [0, 0.05) is 11.3 Å². The zero-order valence-electron chi connectivity index (χ0n) is 6.73. The summed E-state index contributed by atoms with van der Waals surface area (Å²) in [5.74, 6) is 0. The third-order valence-corrected chi connectivity index (χ3v) is 1.80. The maximum absolute atomic E-state index is 12.3. The largest absolute Gasteiger partial charge is 0.418 e. The molecular formula is C8H5ClF3NO. The van der Waals surface area contributed by atoms with Crippen molar-refractivity contribution < 1.29 is 18.0 Å². The van der Waals surface area contributed by atoms with Gasteiger partial charge in [-0.15, -0.1) is 0 Å². The van der Waals surface area contributed by atoms with E-state index in [1.54, 1.807) is 0 Å². The zero-order valence-corrected chi connectivity index (χ0v) is 7.49. The molecule has 0 aliphatic heterocycles. The molecule has 0 saturated carbocycles. The van der Waals surface area contributed by atoms with Gasteiger partial charge in [-0.05, 0) is 29.8 Å². The van der Waals surface area contributed by atoms with Gasteiger partial charge in [0.1, 0.15) is 0 Å². The van der Waals surface area contributed by atoms with Crippen LogP contribution < -0.4 is 5.73 Å². The van der Waals surface area contributed by atoms with Crippen molar-refractivity contribution in [2.75, 3.05) is 5.73 Å². The van der Waals surface area contributed by atoms with E-state index in [1.165, 1.54) is 0 Å². The molecule has 0 amide bonds. The Hall–Kier alpha value is -1.23. The van der Waals surface area contributed by atoms with Crippen LogP contribution in [0.5, 0.6) is 0 Å². The normalized spacial score (nSPS) is 11.4. The Morgan fingerprint density at radius 1 is 1.36 bits per heavy atom. The number of alkyl halides is 3. The smallest absolute Gasteiger partial charge is 0.398 e. The molecular weight excluding hydrogens is 219 g/mol. The summed E-state index contributed by atoms with van der Waals surface area (Å²) >= 11 is 5.03. The molecule has 0 spiro atoms. The first-order valence-corrected chi connectivity index (χ1v) is 3.86. The second-order valence-corrected chi connectivity index (χ2v) is 2.92. The Bertz CT molecular complexity index is 375. The molecule has 0 saturated heterocycles. The predicted octanol–water partition coefficient (Wildman–Crippen LogP) is 2.67. The average molecular weight is 224 g/mol. The molecule has 0 bridgehead atoms. The molecule has 0 unspecified atom stereocenters. The van der Waals surface area contributed by atoms with E-state index < -0.39 is 22.7 Å². The molecule has 0 heterocycles. The van der Waals surface area contributed by atoms with Gasteiger partial charge < -0.3 is 5.73 Å². The summed E-state index contributed by atoms with van der Waals surface area (Å²) in [6, 6.07) is 2.77. The maximum Gasteiger partial charge on any atom is 0.418 e. The topological polar surface area (TPSA) is 43.1 Å². The van der Waals surface area contributed by atoms with Crippen molar-refractivity contribution in [3.63, 3.8) is 0 Å². The standard InChI is InChI=1S/C8H5ClF3NO/c9-7(14)4-1-2-6(13)5(3-4)8(10,11)12/h1-3H,13H2. The van der Waals surface area contributed by atoms with Crippen LogP contribution in [0.15, 0.2) is 18.2 Å². The molecule has 1 aromatic carbocycles. The van der Waals surface area contributed by atoms with Crippen LogP contribution in [0.3, 0.4) is 0 Å². The Morgan fingerprint density at radius 3 is 2.36 bits per heavy atom. The van der Waals surface area contributed by atoms with E-state index in [-0.39, 0.29) is 5.56 Å². The highest BCUT2D eigenvalue weighted by atomic mass is 35.5. The summed E-state index contributed by atoms with van der Waals surface area (Å²) in [5.41, 5.74) is 3.39. The molecule has 0 aliphatic rings. The van der Waals surface area contributed by atoms with Gasteiger partial charge in [0.15, 0.2) is 0 Å². The Kier molecular flexibility index (Phi) is 2.71. The number of hydrogen-bond acceptors (Lipinski definition) is 2. The van der Waals surface area contributed by atoms with Crippen molar-refractivity contribution in [2.45, 2.75) is 6.18 Å². The van der Waals surface area contributed by atoms with Crippen molar-refractivity contribution in [1.82, 2.24) is 0 Å². The molecule has 1 aromatic rings. The third kappa shape index (κ3) is 2.17. The van der Waals surface area contributed by atoms with Crippen LogP contribution in [-0.4, -0.2) is 5.24 Å². The predicted molar refractivity (Wildman–Crippen MR) is 46.0 cm³/mol. The fourth-order valence-electron chi connectivity index (χ4n) is 0.924. The van der Waals surface area contributed by atoms with Gasteiger partial charge in [-0.25, -0.2) is 0 Å². The average Bonchev–Trinajstić information content (AvgIpc) is 2.02. The summed E-state index contributed by atoms with van der Waals surface area (Å²) < 4.78 is 36.8. The van der Waals surface area contributed by atoms with Crippen LogP contribution in [0.2, 0.25) is 0 Å². The number of nitrogen functional groups attached to an aromatic ring is 1. The minimum Gasteiger partial charge on any atom is -0.398 e. The van der Waals surface area contributed by atoms with Crippen LogP contribution >= 0.6 is 11.6 Å². The van der Waals surface area contributed by atoms with E-state index >= 15 is 0 Å². The quantitative estimate of drug-likeness (QED) is 0.588. The van der Waals surface area contributed by atoms with Gasteiger partial charge in [0.2, 0.25) is 0 Å². The van der Waals surface area contributed by atoms with Crippen LogP contribution in [0.4, 0.5) is 18.9 Å². The first-order valence-electron chi connectivity index (χ1n) is 3.49. The van der Waals surface area contributed by atoms with E-state index in [9.17, 15) is 18.0 Å². The van der Waals surface area contributed by atoms with E-state index in [4.69, 9.17) is 17.3 Å². The van der Waals surface area contributed by atoms with E-state index in [1.807, 2.05) is 0 Å². The fraction of sp³-hybridized carbons (Fsp3) is 0.125. The second kappa shape index (κ2) is 3.49. The lowest BCUT2D eigenvalue weighted by Crippen LogP contribution is -2.10. The van der Waals surface area contributed by atoms with Gasteiger partial charge >= 0.3 is 6.18 Å². The SMILES string of the molecule is Nc1ccc(C(=O)Cl)cc1C(F)(F)F. The first-order chi connectivity index (χ1) is 6.32. The maximum atomic E-state index is 12.3. The summed E-state index contributed by atoms with van der Waals surface area (Å²) in [6.07, 6.45) is -4.58. The van der Waals surface area contributed by atoms with E-state index in [0.717, 1.165) is 12.1 Å². The van der Waals surface area contributed by atoms with Crippen LogP contribution in [0, 0.1) is 0 Å². The van der Waals surface area contributed by atoms with E-state index in [2.05, 4.69) is 0 Å². The molecule has 14 heavy (non-hydrogen) atoms. The highest BCUT2D eigenvalue weighted by molar-refractivity contribution is 6.67. The first kappa shape index (κ1) is 10.8. The molecule has 2 nitrogen and oxygen atoms in total. The molecule has 0 aliphatic carbocycles. The summed E-state index contributed by atoms with van der Waals surface area (Å²) in [6.45, 7) is 0. The second-order valence-electron chi connectivity index (χ2n) is 2.57. The molecule has 0 aromatic heterocycles. The van der Waals surface area contributed by atoms with Crippen molar-refractivity contribution in [3.05, 3.63) is 29.3 Å². The zero-order chi connectivity index (χ0) is 10.9. The molecule has 6 heteroatoms. The molecule has 1 rings (SSSR count). The van der Waals surface area contributed by atoms with Crippen LogP contribution in [-0.2, 0) is 6.18 Å². The summed E-state index contributed by atoms with van der Waals surface area (Å²) in [7, 11) is 0. The molecule has 76 valence electrons. The lowest BCUT2D eigenvalue weighted by Gasteiger charge is -2.10. The number of benzene rings is 1.